The Morgan fingerprint density at radius 1 is 1.16 bits per heavy atom. The lowest BCUT2D eigenvalue weighted by molar-refractivity contribution is -0.136. The molecule has 0 saturated heterocycles. The maximum atomic E-state index is 12.0. The molecule has 7 nitrogen and oxygen atoms in total. The molecule has 0 aliphatic rings. The summed E-state index contributed by atoms with van der Waals surface area (Å²) < 4.78 is 11.1. The van der Waals surface area contributed by atoms with E-state index in [1.54, 1.807) is 12.1 Å². The van der Waals surface area contributed by atoms with Crippen LogP contribution in [0.4, 0.5) is 5.69 Å². The number of ether oxygens (including phenoxy) is 1. The Hall–Kier alpha value is -3.06. The highest BCUT2D eigenvalue weighted by molar-refractivity contribution is 6.39. The number of methoxy groups -OCH3 is 1. The van der Waals surface area contributed by atoms with Crippen molar-refractivity contribution in [2.75, 3.05) is 19.0 Å². The maximum Gasteiger partial charge on any atom is 0.313 e. The van der Waals surface area contributed by atoms with Gasteiger partial charge in [-0.25, -0.2) is 0 Å². The minimum atomic E-state index is -0.852. The number of rotatable bonds is 4. The molecule has 1 atom stereocenters. The van der Waals surface area contributed by atoms with Gasteiger partial charge in [-0.05, 0) is 19.1 Å². The number of fused-ring (bicyclic) bond motifs is 3. The van der Waals surface area contributed by atoms with Crippen LogP contribution in [0.25, 0.3) is 21.9 Å². The predicted octanol–water partition coefficient (Wildman–Crippen LogP) is 2.03. The third-order valence-corrected chi connectivity index (χ3v) is 3.71. The van der Waals surface area contributed by atoms with E-state index < -0.39 is 17.9 Å². The Morgan fingerprint density at radius 3 is 2.64 bits per heavy atom. The van der Waals surface area contributed by atoms with Crippen LogP contribution in [0.5, 0.6) is 5.75 Å². The second-order valence-electron chi connectivity index (χ2n) is 5.66. The lowest BCUT2D eigenvalue weighted by Crippen LogP contribution is -2.38. The summed E-state index contributed by atoms with van der Waals surface area (Å²) in [5, 5.41) is 15.8. The van der Waals surface area contributed by atoms with Gasteiger partial charge in [-0.3, -0.25) is 9.59 Å². The average molecular weight is 342 g/mol. The van der Waals surface area contributed by atoms with E-state index in [0.717, 1.165) is 16.4 Å². The van der Waals surface area contributed by atoms with E-state index in [4.69, 9.17) is 14.3 Å². The number of carbonyl (C=O) groups excluding carboxylic acids is 2. The van der Waals surface area contributed by atoms with Crippen molar-refractivity contribution in [1.82, 2.24) is 5.32 Å². The summed E-state index contributed by atoms with van der Waals surface area (Å²) in [5.74, 6) is -1.28. The van der Waals surface area contributed by atoms with Crippen molar-refractivity contribution in [2.45, 2.75) is 13.0 Å². The molecule has 3 aromatic rings. The van der Waals surface area contributed by atoms with Crippen molar-refractivity contribution < 1.29 is 23.8 Å². The molecule has 7 heteroatoms. The first-order valence-electron chi connectivity index (χ1n) is 7.76. The van der Waals surface area contributed by atoms with Crippen molar-refractivity contribution >= 4 is 39.4 Å². The van der Waals surface area contributed by atoms with E-state index in [0.29, 0.717) is 17.0 Å². The largest absolute Gasteiger partial charge is 0.495 e. The van der Waals surface area contributed by atoms with Crippen molar-refractivity contribution in [2.24, 2.45) is 0 Å². The number of furan rings is 1. The molecule has 0 aliphatic heterocycles. The number of amides is 2. The second-order valence-corrected chi connectivity index (χ2v) is 5.66. The summed E-state index contributed by atoms with van der Waals surface area (Å²) in [7, 11) is 1.48. The van der Waals surface area contributed by atoms with Gasteiger partial charge >= 0.3 is 11.8 Å². The van der Waals surface area contributed by atoms with E-state index in [1.165, 1.54) is 14.0 Å². The summed E-state index contributed by atoms with van der Waals surface area (Å²) in [6, 6.07) is 10.9. The molecule has 0 radical (unpaired) electrons. The van der Waals surface area contributed by atoms with Crippen LogP contribution in [0.15, 0.2) is 40.8 Å². The highest BCUT2D eigenvalue weighted by Gasteiger charge is 2.18. The van der Waals surface area contributed by atoms with E-state index in [-0.39, 0.29) is 6.54 Å². The smallest absolute Gasteiger partial charge is 0.313 e. The number of hydrogen-bond donors (Lipinski definition) is 3. The molecule has 2 amide bonds. The zero-order valence-electron chi connectivity index (χ0n) is 13.8. The fraction of sp³-hybridized carbons (Fsp3) is 0.222. The number of benzene rings is 2. The molecule has 1 heterocycles. The first kappa shape index (κ1) is 16.8. The fourth-order valence-electron chi connectivity index (χ4n) is 2.52. The quantitative estimate of drug-likeness (QED) is 0.630. The Kier molecular flexibility index (Phi) is 4.58. The number of anilines is 1. The molecule has 130 valence electrons. The maximum absolute atomic E-state index is 12.0. The second kappa shape index (κ2) is 6.82. The molecular formula is C18H18N2O5. The lowest BCUT2D eigenvalue weighted by Gasteiger charge is -2.11. The molecule has 1 aromatic heterocycles. The van der Waals surface area contributed by atoms with Gasteiger partial charge in [0.05, 0.1) is 18.9 Å². The van der Waals surface area contributed by atoms with Crippen molar-refractivity contribution in [3.63, 3.8) is 0 Å². The Bertz CT molecular complexity index is 945. The van der Waals surface area contributed by atoms with Crippen LogP contribution in [0.1, 0.15) is 6.92 Å². The Morgan fingerprint density at radius 2 is 1.92 bits per heavy atom. The van der Waals surface area contributed by atoms with Crippen LogP contribution in [0, 0.1) is 0 Å². The van der Waals surface area contributed by atoms with Gasteiger partial charge in [0.1, 0.15) is 16.9 Å². The van der Waals surface area contributed by atoms with Gasteiger partial charge in [-0.15, -0.1) is 0 Å². The minimum Gasteiger partial charge on any atom is -0.495 e. The zero-order valence-corrected chi connectivity index (χ0v) is 13.8. The van der Waals surface area contributed by atoms with Crippen LogP contribution in [0.2, 0.25) is 0 Å². The third kappa shape index (κ3) is 3.41. The summed E-state index contributed by atoms with van der Waals surface area (Å²) in [4.78, 5) is 23.8. The first-order chi connectivity index (χ1) is 12.0. The topological polar surface area (TPSA) is 101 Å². The van der Waals surface area contributed by atoms with Gasteiger partial charge < -0.3 is 24.9 Å². The lowest BCUT2D eigenvalue weighted by atomic mass is 10.1. The molecule has 3 N–H and O–H groups in total. The van der Waals surface area contributed by atoms with Crippen LogP contribution < -0.4 is 15.4 Å². The fourth-order valence-corrected chi connectivity index (χ4v) is 2.52. The van der Waals surface area contributed by atoms with E-state index in [9.17, 15) is 9.59 Å². The van der Waals surface area contributed by atoms with Crippen LogP contribution in [-0.2, 0) is 9.59 Å². The monoisotopic (exact) mass is 342 g/mol. The minimum absolute atomic E-state index is 0.00794. The van der Waals surface area contributed by atoms with Crippen molar-refractivity contribution in [1.29, 1.82) is 0 Å². The Labute approximate surface area is 143 Å². The Balaban J connectivity index is 1.91. The van der Waals surface area contributed by atoms with Gasteiger partial charge in [-0.1, -0.05) is 18.2 Å². The number of hydrogen-bond acceptors (Lipinski definition) is 5. The van der Waals surface area contributed by atoms with Gasteiger partial charge in [0, 0.05) is 23.4 Å². The summed E-state index contributed by atoms with van der Waals surface area (Å²) in [5.41, 5.74) is 1.62. The molecule has 0 unspecified atom stereocenters. The molecule has 0 aliphatic carbocycles. The molecule has 0 spiro atoms. The van der Waals surface area contributed by atoms with E-state index >= 15 is 0 Å². The van der Waals surface area contributed by atoms with Gasteiger partial charge in [0.15, 0.2) is 0 Å². The SMILES string of the molecule is COc1cc2c(cc1NC(=O)C(=O)NC[C@H](C)O)oc1ccccc12. The standard InChI is InChI=1S/C18H18N2O5/c1-10(21)9-19-17(22)18(23)20-13-8-15-12(7-16(13)24-2)11-5-3-4-6-14(11)25-15/h3-8,10,21H,9H2,1-2H3,(H,19,22)(H,20,23)/t10-/m0/s1. The molecule has 0 saturated carbocycles. The van der Waals surface area contributed by atoms with Crippen molar-refractivity contribution in [3.8, 4) is 5.75 Å². The highest BCUT2D eigenvalue weighted by Crippen LogP contribution is 2.36. The normalized spacial score (nSPS) is 12.1. The van der Waals surface area contributed by atoms with Crippen LogP contribution in [-0.4, -0.2) is 36.7 Å². The van der Waals surface area contributed by atoms with E-state index in [2.05, 4.69) is 10.6 Å². The number of aliphatic hydroxyl groups is 1. The van der Waals surface area contributed by atoms with Gasteiger partial charge in [0.2, 0.25) is 0 Å². The summed E-state index contributed by atoms with van der Waals surface area (Å²) >= 11 is 0. The zero-order chi connectivity index (χ0) is 18.0. The van der Waals surface area contributed by atoms with Gasteiger partial charge in [-0.2, -0.15) is 0 Å². The summed E-state index contributed by atoms with van der Waals surface area (Å²) in [6.45, 7) is 1.50. The number of carbonyl (C=O) groups is 2. The molecular weight excluding hydrogens is 324 g/mol. The molecule has 0 bridgehead atoms. The van der Waals surface area contributed by atoms with Crippen molar-refractivity contribution in [3.05, 3.63) is 36.4 Å². The van der Waals surface area contributed by atoms with E-state index in [1.807, 2.05) is 24.3 Å². The molecule has 0 fully saturated rings. The predicted molar refractivity (Wildman–Crippen MR) is 93.6 cm³/mol. The number of nitrogens with one attached hydrogen (secondary N) is 2. The molecule has 2 aromatic carbocycles. The molecule has 3 rings (SSSR count). The highest BCUT2D eigenvalue weighted by atomic mass is 16.5. The summed E-state index contributed by atoms with van der Waals surface area (Å²) in [6.07, 6.45) is -0.738. The van der Waals surface area contributed by atoms with Gasteiger partial charge in [0.25, 0.3) is 0 Å². The third-order valence-electron chi connectivity index (χ3n) is 3.71. The van der Waals surface area contributed by atoms with Crippen LogP contribution in [0.3, 0.4) is 0 Å². The first-order valence-corrected chi connectivity index (χ1v) is 7.76. The average Bonchev–Trinajstić information content (AvgIpc) is 2.96. The number of para-hydroxylation sites is 1. The molecule has 25 heavy (non-hydrogen) atoms. The number of aliphatic hydroxyl groups excluding tert-OH is 1. The van der Waals surface area contributed by atoms with Crippen LogP contribution >= 0.6 is 0 Å².